The molecule has 0 saturated heterocycles. The van der Waals surface area contributed by atoms with Crippen LogP contribution in [0.2, 0.25) is 5.02 Å². The topological polar surface area (TPSA) is 49.9 Å². The first-order chi connectivity index (χ1) is 7.70. The molecule has 2 aromatic rings. The van der Waals surface area contributed by atoms with Crippen molar-refractivity contribution < 1.29 is 9.59 Å². The molecule has 16 heavy (non-hydrogen) atoms. The molecule has 0 aliphatic rings. The Morgan fingerprint density at radius 1 is 1.25 bits per heavy atom. The normalized spacial score (nSPS) is 10.1. The van der Waals surface area contributed by atoms with Gasteiger partial charge in [-0.1, -0.05) is 23.7 Å². The number of ketones is 1. The highest BCUT2D eigenvalue weighted by atomic mass is 35.5. The summed E-state index contributed by atoms with van der Waals surface area (Å²) in [7, 11) is 0. The van der Waals surface area contributed by atoms with Gasteiger partial charge in [0.05, 0.1) is 5.69 Å². The number of rotatable bonds is 3. The lowest BCUT2D eigenvalue weighted by Crippen LogP contribution is -1.99. The van der Waals surface area contributed by atoms with Crippen LogP contribution in [0.4, 0.5) is 0 Å². The van der Waals surface area contributed by atoms with Gasteiger partial charge in [0.1, 0.15) is 0 Å². The molecule has 0 aliphatic carbocycles. The number of carbonyl (C=O) groups is 2. The van der Waals surface area contributed by atoms with Crippen LogP contribution in [-0.2, 0) is 0 Å². The number of hydrogen-bond acceptors (Lipinski definition) is 2. The summed E-state index contributed by atoms with van der Waals surface area (Å²) in [5, 5.41) is 0.511. The number of halogens is 1. The Morgan fingerprint density at radius 3 is 2.69 bits per heavy atom. The number of hydrogen-bond donors (Lipinski definition) is 1. The van der Waals surface area contributed by atoms with Gasteiger partial charge in [0, 0.05) is 22.3 Å². The minimum Gasteiger partial charge on any atom is -0.358 e. The Kier molecular flexibility index (Phi) is 2.88. The number of nitrogens with one attached hydrogen (secondary N) is 1. The molecule has 3 nitrogen and oxygen atoms in total. The SMILES string of the molecule is O=Cc1cc(C(=O)c2cccc(Cl)c2)c[nH]1. The van der Waals surface area contributed by atoms with Crippen molar-refractivity contribution in [3.05, 3.63) is 58.4 Å². The Labute approximate surface area is 97.1 Å². The van der Waals surface area contributed by atoms with Gasteiger partial charge in [0.2, 0.25) is 0 Å². The van der Waals surface area contributed by atoms with E-state index in [1.54, 1.807) is 24.3 Å². The first-order valence-electron chi connectivity index (χ1n) is 4.64. The van der Waals surface area contributed by atoms with Gasteiger partial charge >= 0.3 is 0 Å². The van der Waals surface area contributed by atoms with Gasteiger partial charge in [-0.2, -0.15) is 0 Å². The quantitative estimate of drug-likeness (QED) is 0.655. The van der Waals surface area contributed by atoms with Gasteiger partial charge in [0.15, 0.2) is 12.1 Å². The molecule has 1 aromatic carbocycles. The van der Waals surface area contributed by atoms with Crippen LogP contribution < -0.4 is 0 Å². The second-order valence-corrected chi connectivity index (χ2v) is 3.74. The predicted molar refractivity (Wildman–Crippen MR) is 61.1 cm³/mol. The molecule has 0 fully saturated rings. The fraction of sp³-hybridized carbons (Fsp3) is 0. The van der Waals surface area contributed by atoms with Gasteiger partial charge in [-0.3, -0.25) is 9.59 Å². The zero-order valence-corrected chi connectivity index (χ0v) is 8.99. The number of H-pyrrole nitrogens is 1. The van der Waals surface area contributed by atoms with Crippen LogP contribution >= 0.6 is 11.6 Å². The zero-order chi connectivity index (χ0) is 11.5. The van der Waals surface area contributed by atoms with Crippen molar-refractivity contribution in [3.63, 3.8) is 0 Å². The Morgan fingerprint density at radius 2 is 2.06 bits per heavy atom. The number of benzene rings is 1. The van der Waals surface area contributed by atoms with Crippen molar-refractivity contribution in [2.75, 3.05) is 0 Å². The maximum atomic E-state index is 11.9. The predicted octanol–water partition coefficient (Wildman–Crippen LogP) is 2.71. The van der Waals surface area contributed by atoms with E-state index in [0.717, 1.165) is 0 Å². The minimum absolute atomic E-state index is 0.160. The fourth-order valence-electron chi connectivity index (χ4n) is 1.41. The lowest BCUT2D eigenvalue weighted by atomic mass is 10.1. The van der Waals surface area contributed by atoms with E-state index in [4.69, 9.17) is 11.6 Å². The molecule has 0 radical (unpaired) electrons. The third-order valence-corrected chi connectivity index (χ3v) is 2.42. The van der Waals surface area contributed by atoms with Crippen molar-refractivity contribution >= 4 is 23.7 Å². The van der Waals surface area contributed by atoms with Gasteiger partial charge in [0.25, 0.3) is 0 Å². The van der Waals surface area contributed by atoms with E-state index in [0.29, 0.717) is 28.1 Å². The Balaban J connectivity index is 2.35. The van der Waals surface area contributed by atoms with E-state index in [2.05, 4.69) is 4.98 Å². The summed E-state index contributed by atoms with van der Waals surface area (Å²) in [6.45, 7) is 0. The van der Waals surface area contributed by atoms with E-state index in [1.165, 1.54) is 12.3 Å². The Bertz CT molecular complexity index is 545. The summed E-state index contributed by atoms with van der Waals surface area (Å²) in [5.74, 6) is -0.160. The third-order valence-electron chi connectivity index (χ3n) is 2.18. The summed E-state index contributed by atoms with van der Waals surface area (Å²) in [6, 6.07) is 8.20. The van der Waals surface area contributed by atoms with Gasteiger partial charge in [-0.05, 0) is 18.2 Å². The molecule has 1 N–H and O–H groups in total. The van der Waals surface area contributed by atoms with Crippen LogP contribution in [0.15, 0.2) is 36.5 Å². The molecule has 0 unspecified atom stereocenters. The van der Waals surface area contributed by atoms with E-state index in [9.17, 15) is 9.59 Å². The van der Waals surface area contributed by atoms with Crippen molar-refractivity contribution in [3.8, 4) is 0 Å². The van der Waals surface area contributed by atoms with E-state index in [-0.39, 0.29) is 5.78 Å². The number of aldehydes is 1. The highest BCUT2D eigenvalue weighted by molar-refractivity contribution is 6.31. The van der Waals surface area contributed by atoms with Gasteiger partial charge < -0.3 is 4.98 Å². The van der Waals surface area contributed by atoms with Crippen LogP contribution in [0.25, 0.3) is 0 Å². The summed E-state index contributed by atoms with van der Waals surface area (Å²) in [4.78, 5) is 25.1. The molecule has 0 aliphatic heterocycles. The molecule has 0 amide bonds. The Hall–Kier alpha value is -1.87. The number of aromatic nitrogens is 1. The van der Waals surface area contributed by atoms with E-state index < -0.39 is 0 Å². The van der Waals surface area contributed by atoms with Gasteiger partial charge in [-0.25, -0.2) is 0 Å². The van der Waals surface area contributed by atoms with Crippen LogP contribution in [0.5, 0.6) is 0 Å². The average molecular weight is 234 g/mol. The summed E-state index contributed by atoms with van der Waals surface area (Å²) in [6.07, 6.45) is 2.17. The molecule has 0 atom stereocenters. The summed E-state index contributed by atoms with van der Waals surface area (Å²) < 4.78 is 0. The van der Waals surface area contributed by atoms with Crippen LogP contribution in [0.3, 0.4) is 0 Å². The highest BCUT2D eigenvalue weighted by Gasteiger charge is 2.10. The van der Waals surface area contributed by atoms with Crippen LogP contribution in [-0.4, -0.2) is 17.1 Å². The standard InChI is InChI=1S/C12H8ClNO2/c13-10-3-1-2-8(4-10)12(16)9-5-11(7-15)14-6-9/h1-7,14H. The number of carbonyl (C=O) groups excluding carboxylic acids is 2. The average Bonchev–Trinajstić information content (AvgIpc) is 2.76. The maximum Gasteiger partial charge on any atom is 0.194 e. The van der Waals surface area contributed by atoms with E-state index >= 15 is 0 Å². The van der Waals surface area contributed by atoms with Crippen molar-refractivity contribution in [1.82, 2.24) is 4.98 Å². The van der Waals surface area contributed by atoms with E-state index in [1.807, 2.05) is 0 Å². The smallest absolute Gasteiger partial charge is 0.194 e. The second kappa shape index (κ2) is 4.33. The summed E-state index contributed by atoms with van der Waals surface area (Å²) >= 11 is 5.79. The largest absolute Gasteiger partial charge is 0.358 e. The molecule has 2 rings (SSSR count). The van der Waals surface area contributed by atoms with Crippen molar-refractivity contribution in [2.24, 2.45) is 0 Å². The lowest BCUT2D eigenvalue weighted by molar-refractivity contribution is 0.103. The van der Waals surface area contributed by atoms with Crippen molar-refractivity contribution in [1.29, 1.82) is 0 Å². The monoisotopic (exact) mass is 233 g/mol. The molecule has 0 bridgehead atoms. The zero-order valence-electron chi connectivity index (χ0n) is 8.24. The minimum atomic E-state index is -0.160. The fourth-order valence-corrected chi connectivity index (χ4v) is 1.60. The second-order valence-electron chi connectivity index (χ2n) is 3.30. The molecule has 1 heterocycles. The molecule has 0 saturated carbocycles. The molecular formula is C12H8ClNO2. The highest BCUT2D eigenvalue weighted by Crippen LogP contribution is 2.15. The lowest BCUT2D eigenvalue weighted by Gasteiger charge is -1.98. The van der Waals surface area contributed by atoms with Crippen LogP contribution in [0.1, 0.15) is 26.4 Å². The van der Waals surface area contributed by atoms with Crippen LogP contribution in [0, 0.1) is 0 Å². The first kappa shape index (κ1) is 10.6. The molecule has 80 valence electrons. The molecular weight excluding hydrogens is 226 g/mol. The molecule has 0 spiro atoms. The third kappa shape index (κ3) is 2.04. The summed E-state index contributed by atoms with van der Waals surface area (Å²) in [5.41, 5.74) is 1.33. The molecule has 4 heteroatoms. The maximum absolute atomic E-state index is 11.9. The molecule has 1 aromatic heterocycles. The number of aromatic amines is 1. The first-order valence-corrected chi connectivity index (χ1v) is 5.02. The van der Waals surface area contributed by atoms with Crippen molar-refractivity contribution in [2.45, 2.75) is 0 Å². The van der Waals surface area contributed by atoms with Gasteiger partial charge in [-0.15, -0.1) is 0 Å².